The Hall–Kier alpha value is -3.13. The van der Waals surface area contributed by atoms with E-state index in [4.69, 9.17) is 4.74 Å². The fourth-order valence-electron chi connectivity index (χ4n) is 3.81. The van der Waals surface area contributed by atoms with Gasteiger partial charge in [-0.15, -0.1) is 0 Å². The minimum Gasteiger partial charge on any atom is -0.481 e. The van der Waals surface area contributed by atoms with Crippen molar-refractivity contribution in [2.24, 2.45) is 5.92 Å². The first-order valence-electron chi connectivity index (χ1n) is 9.27. The number of nitro groups is 1. The summed E-state index contributed by atoms with van der Waals surface area (Å²) in [6.45, 7) is 4.54. The number of nitrogens with one attached hydrogen (secondary N) is 2. The Bertz CT molecular complexity index is 903. The fraction of sp³-hybridized carbons (Fsp3) is 0.350. The number of ether oxygens (including phenoxy) is 1. The Morgan fingerprint density at radius 1 is 1.29 bits per heavy atom. The average Bonchev–Trinajstić information content (AvgIpc) is 3.00. The second-order valence-electron chi connectivity index (χ2n) is 7.37. The van der Waals surface area contributed by atoms with Crippen molar-refractivity contribution in [3.8, 4) is 5.75 Å². The monoisotopic (exact) mass is 382 g/mol. The van der Waals surface area contributed by atoms with Crippen molar-refractivity contribution in [1.82, 2.24) is 4.90 Å². The van der Waals surface area contributed by atoms with Crippen molar-refractivity contribution < 1.29 is 14.5 Å². The second kappa shape index (κ2) is 7.47. The van der Waals surface area contributed by atoms with Crippen LogP contribution in [-0.2, 0) is 11.3 Å². The molecule has 8 heteroatoms. The molecule has 0 bridgehead atoms. The maximum Gasteiger partial charge on any atom is 0.296 e. The largest absolute Gasteiger partial charge is 0.481 e. The number of benzene rings is 2. The van der Waals surface area contributed by atoms with Crippen molar-refractivity contribution in [2.45, 2.75) is 19.5 Å². The summed E-state index contributed by atoms with van der Waals surface area (Å²) >= 11 is 0. The molecule has 2 aromatic rings. The van der Waals surface area contributed by atoms with Gasteiger partial charge in [-0.1, -0.05) is 37.3 Å². The fourth-order valence-corrected chi connectivity index (χ4v) is 3.81. The number of anilines is 2. The molecule has 1 fully saturated rings. The molecule has 0 aromatic heterocycles. The molecule has 0 saturated carbocycles. The molecule has 2 N–H and O–H groups in total. The van der Waals surface area contributed by atoms with Crippen LogP contribution >= 0.6 is 0 Å². The molecule has 2 aliphatic heterocycles. The van der Waals surface area contributed by atoms with E-state index < -0.39 is 4.92 Å². The summed E-state index contributed by atoms with van der Waals surface area (Å²) in [4.78, 5) is 25.0. The molecule has 2 unspecified atom stereocenters. The van der Waals surface area contributed by atoms with Crippen LogP contribution in [0.15, 0.2) is 42.5 Å². The second-order valence-corrected chi connectivity index (χ2v) is 7.37. The molecule has 0 radical (unpaired) electrons. The van der Waals surface area contributed by atoms with E-state index in [0.717, 1.165) is 19.6 Å². The Balaban J connectivity index is 1.52. The number of likely N-dealkylation sites (tertiary alicyclic amines) is 1. The van der Waals surface area contributed by atoms with Crippen LogP contribution in [0.4, 0.5) is 17.1 Å². The third-order valence-corrected chi connectivity index (χ3v) is 5.21. The number of amides is 1. The maximum atomic E-state index is 11.6. The lowest BCUT2D eigenvalue weighted by Gasteiger charge is -2.22. The highest BCUT2D eigenvalue weighted by atomic mass is 16.6. The Kier molecular flexibility index (Phi) is 4.87. The summed E-state index contributed by atoms with van der Waals surface area (Å²) in [5.41, 5.74) is 2.04. The molecule has 28 heavy (non-hydrogen) atoms. The Morgan fingerprint density at radius 3 is 2.82 bits per heavy atom. The van der Waals surface area contributed by atoms with Crippen LogP contribution in [0, 0.1) is 16.0 Å². The van der Waals surface area contributed by atoms with Crippen LogP contribution in [0.3, 0.4) is 0 Å². The number of fused-ring (bicyclic) bond motifs is 1. The molecule has 4 rings (SSSR count). The van der Waals surface area contributed by atoms with Crippen LogP contribution < -0.4 is 15.4 Å². The van der Waals surface area contributed by atoms with Crippen LogP contribution in [0.5, 0.6) is 5.75 Å². The summed E-state index contributed by atoms with van der Waals surface area (Å²) in [5.74, 6) is 0.378. The predicted octanol–water partition coefficient (Wildman–Crippen LogP) is 2.86. The number of carbonyl (C=O) groups is 1. The van der Waals surface area contributed by atoms with Gasteiger partial charge in [-0.2, -0.15) is 0 Å². The molecular weight excluding hydrogens is 360 g/mol. The van der Waals surface area contributed by atoms with Gasteiger partial charge in [0.25, 0.3) is 11.6 Å². The molecule has 0 aliphatic carbocycles. The molecule has 2 atom stereocenters. The number of hydrogen-bond acceptors (Lipinski definition) is 6. The first-order chi connectivity index (χ1) is 13.5. The zero-order valence-corrected chi connectivity index (χ0v) is 15.6. The van der Waals surface area contributed by atoms with Gasteiger partial charge >= 0.3 is 0 Å². The summed E-state index contributed by atoms with van der Waals surface area (Å²) in [6.07, 6.45) is 0. The topological polar surface area (TPSA) is 96.7 Å². The van der Waals surface area contributed by atoms with E-state index in [1.165, 1.54) is 11.6 Å². The zero-order chi connectivity index (χ0) is 19.7. The van der Waals surface area contributed by atoms with Crippen molar-refractivity contribution in [1.29, 1.82) is 0 Å². The number of nitrogens with zero attached hydrogens (tertiary/aromatic N) is 2. The van der Waals surface area contributed by atoms with E-state index in [1.54, 1.807) is 6.07 Å². The van der Waals surface area contributed by atoms with Crippen molar-refractivity contribution in [2.75, 3.05) is 30.3 Å². The first kappa shape index (κ1) is 18.2. The van der Waals surface area contributed by atoms with Gasteiger partial charge in [-0.05, 0) is 17.5 Å². The van der Waals surface area contributed by atoms with E-state index in [2.05, 4.69) is 34.6 Å². The van der Waals surface area contributed by atoms with Gasteiger partial charge in [0.05, 0.1) is 16.7 Å². The van der Waals surface area contributed by atoms with Crippen LogP contribution in [0.2, 0.25) is 0 Å². The molecule has 0 spiro atoms. The number of hydrogen-bond donors (Lipinski definition) is 2. The lowest BCUT2D eigenvalue weighted by atomic mass is 10.1. The number of carbonyl (C=O) groups excluding carboxylic acids is 1. The highest BCUT2D eigenvalue weighted by molar-refractivity contribution is 5.96. The minimum atomic E-state index is -0.427. The third-order valence-electron chi connectivity index (χ3n) is 5.21. The zero-order valence-electron chi connectivity index (χ0n) is 15.6. The first-order valence-corrected chi connectivity index (χ1v) is 9.27. The molecule has 1 saturated heterocycles. The lowest BCUT2D eigenvalue weighted by molar-refractivity contribution is -0.384. The van der Waals surface area contributed by atoms with E-state index in [0.29, 0.717) is 23.0 Å². The van der Waals surface area contributed by atoms with Gasteiger partial charge in [0.15, 0.2) is 12.4 Å². The molecule has 2 heterocycles. The van der Waals surface area contributed by atoms with Crippen molar-refractivity contribution >= 4 is 23.0 Å². The standard InChI is InChI=1S/C20H22N4O4/c1-13-9-23(10-14-5-3-2-4-6-14)11-17(13)21-15-7-16-19(8-18(15)24(26)27)28-12-20(25)22-16/h2-8,13,17,21H,9-12H2,1H3,(H,22,25). The molecule has 1 amide bonds. The van der Waals surface area contributed by atoms with Crippen molar-refractivity contribution in [3.63, 3.8) is 0 Å². The summed E-state index contributed by atoms with van der Waals surface area (Å²) in [5, 5.41) is 17.6. The Labute approximate surface area is 162 Å². The van der Waals surface area contributed by atoms with E-state index in [1.807, 2.05) is 18.2 Å². The van der Waals surface area contributed by atoms with Crippen LogP contribution in [0.1, 0.15) is 12.5 Å². The quantitative estimate of drug-likeness (QED) is 0.610. The Morgan fingerprint density at radius 2 is 2.07 bits per heavy atom. The van der Waals surface area contributed by atoms with Crippen LogP contribution in [0.25, 0.3) is 0 Å². The smallest absolute Gasteiger partial charge is 0.296 e. The average molecular weight is 382 g/mol. The summed E-state index contributed by atoms with van der Waals surface area (Å²) in [6, 6.07) is 13.3. The molecule has 2 aromatic carbocycles. The molecule has 8 nitrogen and oxygen atoms in total. The number of rotatable bonds is 5. The normalized spacial score (nSPS) is 21.5. The summed E-state index contributed by atoms with van der Waals surface area (Å²) < 4.78 is 5.30. The van der Waals surface area contributed by atoms with Gasteiger partial charge < -0.3 is 15.4 Å². The van der Waals surface area contributed by atoms with Gasteiger partial charge in [-0.25, -0.2) is 0 Å². The highest BCUT2D eigenvalue weighted by Crippen LogP contribution is 2.39. The van der Waals surface area contributed by atoms with Gasteiger partial charge in [-0.3, -0.25) is 19.8 Å². The van der Waals surface area contributed by atoms with Gasteiger partial charge in [0, 0.05) is 25.7 Å². The summed E-state index contributed by atoms with van der Waals surface area (Å²) in [7, 11) is 0. The maximum absolute atomic E-state index is 11.6. The van der Waals surface area contributed by atoms with E-state index in [-0.39, 0.29) is 24.2 Å². The van der Waals surface area contributed by atoms with Crippen LogP contribution in [-0.4, -0.2) is 41.5 Å². The van der Waals surface area contributed by atoms with Crippen molar-refractivity contribution in [3.05, 3.63) is 58.1 Å². The predicted molar refractivity (Wildman–Crippen MR) is 106 cm³/mol. The molecular formula is C20H22N4O4. The SMILES string of the molecule is CC1CN(Cc2ccccc2)CC1Nc1cc2c(cc1[N+](=O)[O-])OCC(=O)N2. The number of nitro benzene ring substituents is 1. The van der Waals surface area contributed by atoms with E-state index >= 15 is 0 Å². The van der Waals surface area contributed by atoms with Gasteiger partial charge in [0.2, 0.25) is 0 Å². The highest BCUT2D eigenvalue weighted by Gasteiger charge is 2.32. The van der Waals surface area contributed by atoms with Gasteiger partial charge in [0.1, 0.15) is 5.69 Å². The lowest BCUT2D eigenvalue weighted by Crippen LogP contribution is -2.29. The molecule has 2 aliphatic rings. The van der Waals surface area contributed by atoms with E-state index in [9.17, 15) is 14.9 Å². The third kappa shape index (κ3) is 3.77. The molecule has 146 valence electrons. The minimum absolute atomic E-state index is 0.0522.